The second-order valence-corrected chi connectivity index (χ2v) is 10.4. The van der Waals surface area contributed by atoms with E-state index in [4.69, 9.17) is 4.74 Å². The minimum absolute atomic E-state index is 0.0455. The van der Waals surface area contributed by atoms with Gasteiger partial charge in [0.05, 0.1) is 11.8 Å². The maximum Gasteiger partial charge on any atom is 0.255 e. The van der Waals surface area contributed by atoms with E-state index in [0.717, 1.165) is 44.6 Å². The molecule has 8 nitrogen and oxygen atoms in total. The average molecular weight is 439 g/mol. The van der Waals surface area contributed by atoms with Crippen LogP contribution in [0.5, 0.6) is 0 Å². The minimum Gasteiger partial charge on any atom is -0.381 e. The fraction of sp³-hybridized carbons (Fsp3) is 0.714. The monoisotopic (exact) mass is 438 g/mol. The molecule has 3 rings (SSSR count). The van der Waals surface area contributed by atoms with Crippen LogP contribution in [0.25, 0.3) is 0 Å². The first-order valence-corrected chi connectivity index (χ1v) is 12.6. The molecule has 0 N–H and O–H groups in total. The normalized spacial score (nSPS) is 21.7. The first-order chi connectivity index (χ1) is 14.3. The van der Waals surface area contributed by atoms with Gasteiger partial charge in [0.15, 0.2) is 0 Å². The minimum atomic E-state index is -3.20. The SMILES string of the molecule is Cc1ccc(C(=O)N(C)CCN(C2CCOCC2)C2CCCN(S(C)(=O)=O)C2)cn1. The summed E-state index contributed by atoms with van der Waals surface area (Å²) in [6.45, 7) is 5.77. The van der Waals surface area contributed by atoms with Crippen molar-refractivity contribution in [3.05, 3.63) is 29.6 Å². The van der Waals surface area contributed by atoms with E-state index in [1.165, 1.54) is 6.26 Å². The predicted octanol–water partition coefficient (Wildman–Crippen LogP) is 1.37. The predicted molar refractivity (Wildman–Crippen MR) is 116 cm³/mol. The van der Waals surface area contributed by atoms with E-state index in [-0.39, 0.29) is 11.9 Å². The number of ether oxygens (including phenoxy) is 1. The van der Waals surface area contributed by atoms with E-state index in [9.17, 15) is 13.2 Å². The largest absolute Gasteiger partial charge is 0.381 e. The van der Waals surface area contributed by atoms with Crippen LogP contribution in [0, 0.1) is 6.92 Å². The second kappa shape index (κ2) is 10.2. The van der Waals surface area contributed by atoms with Crippen LogP contribution in [-0.4, -0.2) is 98.2 Å². The average Bonchev–Trinajstić information content (AvgIpc) is 2.74. The Hall–Kier alpha value is -1.55. The molecule has 0 bridgehead atoms. The van der Waals surface area contributed by atoms with Gasteiger partial charge in [-0.25, -0.2) is 12.7 Å². The molecular formula is C21H34N4O4S. The van der Waals surface area contributed by atoms with E-state index in [0.29, 0.717) is 37.8 Å². The molecule has 1 aromatic heterocycles. The summed E-state index contributed by atoms with van der Waals surface area (Å²) in [5.74, 6) is -0.0455. The molecule has 0 saturated carbocycles. The topological polar surface area (TPSA) is 83.0 Å². The molecular weight excluding hydrogens is 404 g/mol. The molecule has 2 aliphatic rings. The standard InChI is InChI=1S/C21H34N4O4S/c1-17-6-7-18(15-22-17)21(26)23(2)11-12-25(19-8-13-29-14-9-19)20-5-4-10-24(16-20)30(3,27)28/h6-7,15,19-20H,4-5,8-14,16H2,1-3H3. The van der Waals surface area contributed by atoms with E-state index in [1.807, 2.05) is 26.1 Å². The van der Waals surface area contributed by atoms with Gasteiger partial charge in [-0.1, -0.05) is 0 Å². The molecule has 1 amide bonds. The molecule has 0 spiro atoms. The maximum absolute atomic E-state index is 12.8. The van der Waals surface area contributed by atoms with E-state index in [2.05, 4.69) is 9.88 Å². The van der Waals surface area contributed by atoms with Crippen molar-refractivity contribution in [2.24, 2.45) is 0 Å². The molecule has 0 radical (unpaired) electrons. The molecule has 168 valence electrons. The molecule has 1 atom stereocenters. The van der Waals surface area contributed by atoms with Gasteiger partial charge in [0.2, 0.25) is 10.0 Å². The summed E-state index contributed by atoms with van der Waals surface area (Å²) in [6, 6.07) is 4.17. The molecule has 2 fully saturated rings. The number of rotatable bonds is 7. The van der Waals surface area contributed by atoms with Crippen LogP contribution in [-0.2, 0) is 14.8 Å². The Balaban J connectivity index is 1.68. The Morgan fingerprint density at radius 3 is 2.57 bits per heavy atom. The van der Waals surface area contributed by atoms with Crippen molar-refractivity contribution < 1.29 is 17.9 Å². The van der Waals surface area contributed by atoms with Crippen LogP contribution in [0.2, 0.25) is 0 Å². The quantitative estimate of drug-likeness (QED) is 0.639. The second-order valence-electron chi connectivity index (χ2n) is 8.41. The number of piperidine rings is 1. The van der Waals surface area contributed by atoms with Gasteiger partial charge in [0.25, 0.3) is 5.91 Å². The van der Waals surface area contributed by atoms with Crippen LogP contribution in [0.3, 0.4) is 0 Å². The number of amides is 1. The van der Waals surface area contributed by atoms with Gasteiger partial charge in [-0.05, 0) is 44.7 Å². The maximum atomic E-state index is 12.8. The van der Waals surface area contributed by atoms with Crippen LogP contribution in [0.15, 0.2) is 18.3 Å². The number of carbonyl (C=O) groups is 1. The van der Waals surface area contributed by atoms with Crippen LogP contribution in [0.4, 0.5) is 0 Å². The lowest BCUT2D eigenvalue weighted by Gasteiger charge is -2.44. The number of hydrogen-bond acceptors (Lipinski definition) is 6. The van der Waals surface area contributed by atoms with Crippen molar-refractivity contribution in [2.75, 3.05) is 52.7 Å². The van der Waals surface area contributed by atoms with Crippen molar-refractivity contribution in [3.63, 3.8) is 0 Å². The number of pyridine rings is 1. The Morgan fingerprint density at radius 2 is 1.93 bits per heavy atom. The number of carbonyl (C=O) groups excluding carboxylic acids is 1. The highest BCUT2D eigenvalue weighted by molar-refractivity contribution is 7.88. The zero-order valence-electron chi connectivity index (χ0n) is 18.3. The highest BCUT2D eigenvalue weighted by Gasteiger charge is 2.34. The summed E-state index contributed by atoms with van der Waals surface area (Å²) in [7, 11) is -1.38. The summed E-state index contributed by atoms with van der Waals surface area (Å²) in [5, 5.41) is 0. The Kier molecular flexibility index (Phi) is 7.84. The number of nitrogens with zero attached hydrogens (tertiary/aromatic N) is 4. The molecule has 1 aromatic rings. The molecule has 30 heavy (non-hydrogen) atoms. The number of aromatic nitrogens is 1. The van der Waals surface area contributed by atoms with Crippen molar-refractivity contribution in [2.45, 2.75) is 44.7 Å². The highest BCUT2D eigenvalue weighted by atomic mass is 32.2. The van der Waals surface area contributed by atoms with Gasteiger partial charge < -0.3 is 9.64 Å². The molecule has 0 aromatic carbocycles. The number of aryl methyl sites for hydroxylation is 1. The van der Waals surface area contributed by atoms with Crippen LogP contribution < -0.4 is 0 Å². The Labute approximate surface area is 180 Å². The first-order valence-electron chi connectivity index (χ1n) is 10.7. The zero-order valence-corrected chi connectivity index (χ0v) is 19.1. The van der Waals surface area contributed by atoms with Gasteiger partial charge >= 0.3 is 0 Å². The Bertz CT molecular complexity index is 809. The third-order valence-electron chi connectivity index (χ3n) is 6.16. The summed E-state index contributed by atoms with van der Waals surface area (Å²) in [5.41, 5.74) is 1.47. The van der Waals surface area contributed by atoms with Gasteiger partial charge in [0.1, 0.15) is 0 Å². The van der Waals surface area contributed by atoms with Gasteiger partial charge in [-0.3, -0.25) is 14.7 Å². The third-order valence-corrected chi connectivity index (χ3v) is 7.43. The van der Waals surface area contributed by atoms with E-state index < -0.39 is 10.0 Å². The number of hydrogen-bond donors (Lipinski definition) is 0. The molecule has 0 aliphatic carbocycles. The lowest BCUT2D eigenvalue weighted by atomic mass is 9.99. The van der Waals surface area contributed by atoms with Crippen LogP contribution in [0.1, 0.15) is 41.7 Å². The van der Waals surface area contributed by atoms with Gasteiger partial charge in [-0.2, -0.15) is 0 Å². The lowest BCUT2D eigenvalue weighted by Crippen LogP contribution is -2.55. The summed E-state index contributed by atoms with van der Waals surface area (Å²) in [6.07, 6.45) is 6.62. The highest BCUT2D eigenvalue weighted by Crippen LogP contribution is 2.24. The smallest absolute Gasteiger partial charge is 0.255 e. The van der Waals surface area contributed by atoms with Crippen molar-refractivity contribution in [1.29, 1.82) is 0 Å². The van der Waals surface area contributed by atoms with Gasteiger partial charge in [0, 0.05) is 70.4 Å². The first kappa shape index (κ1) is 23.1. The zero-order chi connectivity index (χ0) is 21.7. The molecule has 9 heteroatoms. The number of likely N-dealkylation sites (N-methyl/N-ethyl adjacent to an activating group) is 1. The fourth-order valence-corrected chi connectivity index (χ4v) is 5.26. The molecule has 2 aliphatic heterocycles. The van der Waals surface area contributed by atoms with Crippen molar-refractivity contribution in [1.82, 2.24) is 19.1 Å². The summed E-state index contributed by atoms with van der Waals surface area (Å²) < 4.78 is 31.3. The summed E-state index contributed by atoms with van der Waals surface area (Å²) in [4.78, 5) is 21.1. The molecule has 2 saturated heterocycles. The van der Waals surface area contributed by atoms with E-state index >= 15 is 0 Å². The number of sulfonamides is 1. The van der Waals surface area contributed by atoms with Crippen molar-refractivity contribution >= 4 is 15.9 Å². The third kappa shape index (κ3) is 6.00. The fourth-order valence-electron chi connectivity index (χ4n) is 4.35. The van der Waals surface area contributed by atoms with Crippen molar-refractivity contribution in [3.8, 4) is 0 Å². The Morgan fingerprint density at radius 1 is 1.20 bits per heavy atom. The van der Waals surface area contributed by atoms with Crippen LogP contribution >= 0.6 is 0 Å². The van der Waals surface area contributed by atoms with Gasteiger partial charge in [-0.15, -0.1) is 0 Å². The summed E-state index contributed by atoms with van der Waals surface area (Å²) >= 11 is 0. The van der Waals surface area contributed by atoms with E-state index in [1.54, 1.807) is 15.4 Å². The molecule has 1 unspecified atom stereocenters. The lowest BCUT2D eigenvalue weighted by molar-refractivity contribution is 0.00319. The molecule has 3 heterocycles.